The van der Waals surface area contributed by atoms with Crippen LogP contribution in [0.15, 0.2) is 45.9 Å². The maximum atomic E-state index is 12.2. The average Bonchev–Trinajstić information content (AvgIpc) is 3.29. The summed E-state index contributed by atoms with van der Waals surface area (Å²) in [7, 11) is -3.80. The van der Waals surface area contributed by atoms with E-state index in [0.29, 0.717) is 17.9 Å². The highest BCUT2D eigenvalue weighted by molar-refractivity contribution is 7.89. The van der Waals surface area contributed by atoms with Crippen molar-refractivity contribution in [3.05, 3.63) is 42.1 Å². The third-order valence-corrected chi connectivity index (χ3v) is 5.48. The number of aromatic nitrogens is 4. The summed E-state index contributed by atoms with van der Waals surface area (Å²) in [5.41, 5.74) is 1.36. The van der Waals surface area contributed by atoms with E-state index in [9.17, 15) is 8.42 Å². The van der Waals surface area contributed by atoms with Crippen LogP contribution in [0, 0.1) is 6.92 Å². The highest BCUT2D eigenvalue weighted by Crippen LogP contribution is 2.26. The van der Waals surface area contributed by atoms with Gasteiger partial charge in [0, 0.05) is 23.9 Å². The maximum Gasteiger partial charge on any atom is 0.273 e. The first kappa shape index (κ1) is 17.6. The molecule has 1 aromatic carbocycles. The lowest BCUT2D eigenvalue weighted by atomic mass is 10.1. The Bertz CT molecular complexity index is 1230. The third kappa shape index (κ3) is 3.07. The van der Waals surface area contributed by atoms with Gasteiger partial charge in [0.25, 0.3) is 10.0 Å². The largest absolute Gasteiger partial charge is 0.440 e. The number of hydrogen-bond acceptors (Lipinski definition) is 7. The second kappa shape index (κ2) is 6.72. The van der Waals surface area contributed by atoms with Crippen molar-refractivity contribution in [1.29, 1.82) is 0 Å². The van der Waals surface area contributed by atoms with Gasteiger partial charge in [0.15, 0.2) is 11.4 Å². The zero-order valence-electron chi connectivity index (χ0n) is 14.5. The minimum atomic E-state index is -3.80. The first-order valence-electron chi connectivity index (χ1n) is 8.33. The zero-order valence-corrected chi connectivity index (χ0v) is 15.3. The Kier molecular flexibility index (Phi) is 4.38. The number of sulfonamides is 1. The van der Waals surface area contributed by atoms with E-state index >= 15 is 0 Å². The monoisotopic (exact) mass is 387 g/mol. The van der Waals surface area contributed by atoms with Gasteiger partial charge >= 0.3 is 0 Å². The molecule has 0 bridgehead atoms. The van der Waals surface area contributed by atoms with Crippen LogP contribution >= 0.6 is 0 Å². The molecule has 0 aliphatic heterocycles. The van der Waals surface area contributed by atoms with Crippen LogP contribution in [0.3, 0.4) is 0 Å². The van der Waals surface area contributed by atoms with Crippen LogP contribution in [0.25, 0.3) is 28.0 Å². The van der Waals surface area contributed by atoms with Gasteiger partial charge in [0.1, 0.15) is 0 Å². The minimum absolute atomic E-state index is 0.101. The Hall–Kier alpha value is -2.82. The van der Waals surface area contributed by atoms with Crippen LogP contribution in [0.1, 0.15) is 12.1 Å². The minimum Gasteiger partial charge on any atom is -0.440 e. The molecule has 140 valence electrons. The summed E-state index contributed by atoms with van der Waals surface area (Å²) in [6.07, 6.45) is 0.317. The zero-order chi connectivity index (χ0) is 19.0. The molecule has 0 saturated heterocycles. The number of hydrogen-bond donors (Lipinski definition) is 2. The van der Waals surface area contributed by atoms with E-state index in [-0.39, 0.29) is 24.0 Å². The van der Waals surface area contributed by atoms with Crippen LogP contribution in [0.5, 0.6) is 0 Å². The molecule has 10 heteroatoms. The summed E-state index contributed by atoms with van der Waals surface area (Å²) in [4.78, 5) is 0. The highest BCUT2D eigenvalue weighted by atomic mass is 32.2. The molecule has 0 spiro atoms. The molecule has 3 aromatic heterocycles. The second-order valence-electron chi connectivity index (χ2n) is 5.98. The lowest BCUT2D eigenvalue weighted by Crippen LogP contribution is -2.24. The summed E-state index contributed by atoms with van der Waals surface area (Å²) >= 11 is 0. The molecule has 2 N–H and O–H groups in total. The molecule has 27 heavy (non-hydrogen) atoms. The molecule has 3 heterocycles. The molecule has 4 rings (SSSR count). The lowest BCUT2D eigenvalue weighted by molar-refractivity contribution is 0.289. The van der Waals surface area contributed by atoms with E-state index in [1.165, 1.54) is 12.1 Å². The SMILES string of the molecule is Cc1nn2c(-c3ccc(S(=O)(=O)NCCCO)o3)nnc2c2ccccc12. The van der Waals surface area contributed by atoms with Crippen molar-refractivity contribution in [1.82, 2.24) is 24.5 Å². The number of furan rings is 1. The molecule has 0 unspecified atom stereocenters. The number of benzene rings is 1. The smallest absolute Gasteiger partial charge is 0.273 e. The Morgan fingerprint density at radius 2 is 1.93 bits per heavy atom. The average molecular weight is 387 g/mol. The third-order valence-electron chi connectivity index (χ3n) is 4.14. The van der Waals surface area contributed by atoms with Crippen molar-refractivity contribution in [2.24, 2.45) is 0 Å². The molecule has 0 atom stereocenters. The fourth-order valence-electron chi connectivity index (χ4n) is 2.84. The second-order valence-corrected chi connectivity index (χ2v) is 7.68. The van der Waals surface area contributed by atoms with E-state index in [0.717, 1.165) is 16.5 Å². The molecule has 0 aliphatic carbocycles. The summed E-state index contributed by atoms with van der Waals surface area (Å²) in [6, 6.07) is 10.6. The first-order chi connectivity index (χ1) is 13.0. The normalized spacial score (nSPS) is 12.2. The molecule has 0 amide bonds. The number of fused-ring (bicyclic) bond motifs is 3. The van der Waals surface area contributed by atoms with Crippen molar-refractivity contribution in [3.8, 4) is 11.6 Å². The van der Waals surface area contributed by atoms with Gasteiger partial charge in [-0.1, -0.05) is 24.3 Å². The number of aliphatic hydroxyl groups is 1. The van der Waals surface area contributed by atoms with Crippen molar-refractivity contribution in [2.45, 2.75) is 18.4 Å². The Morgan fingerprint density at radius 1 is 1.15 bits per heavy atom. The maximum absolute atomic E-state index is 12.2. The Morgan fingerprint density at radius 3 is 2.70 bits per heavy atom. The van der Waals surface area contributed by atoms with Gasteiger partial charge in [0.05, 0.1) is 5.69 Å². The number of rotatable bonds is 6. The van der Waals surface area contributed by atoms with Gasteiger partial charge in [0.2, 0.25) is 10.9 Å². The van der Waals surface area contributed by atoms with Gasteiger partial charge in [-0.2, -0.15) is 9.61 Å². The van der Waals surface area contributed by atoms with Crippen LogP contribution in [-0.4, -0.2) is 46.5 Å². The predicted octanol–water partition coefficient (Wildman–Crippen LogP) is 1.51. The van der Waals surface area contributed by atoms with E-state index in [2.05, 4.69) is 20.0 Å². The van der Waals surface area contributed by atoms with Gasteiger partial charge in [-0.05, 0) is 25.5 Å². The van der Waals surface area contributed by atoms with Gasteiger partial charge in [-0.25, -0.2) is 13.1 Å². The molecule has 4 aromatic rings. The van der Waals surface area contributed by atoms with Crippen LogP contribution in [-0.2, 0) is 10.0 Å². The molecule has 9 nitrogen and oxygen atoms in total. The van der Waals surface area contributed by atoms with E-state index in [1.807, 2.05) is 31.2 Å². The molecular weight excluding hydrogens is 370 g/mol. The lowest BCUT2D eigenvalue weighted by Gasteiger charge is -2.04. The Balaban J connectivity index is 1.77. The van der Waals surface area contributed by atoms with Crippen LogP contribution in [0.4, 0.5) is 0 Å². The molecular formula is C17H17N5O4S. The number of nitrogens with zero attached hydrogens (tertiary/aromatic N) is 4. The standard InChI is InChI=1S/C17H17N5O4S/c1-11-12-5-2-3-6-13(12)16-19-20-17(22(16)21-11)14-7-8-15(26-14)27(24,25)18-9-4-10-23/h2-3,5-8,18,23H,4,9-10H2,1H3. The highest BCUT2D eigenvalue weighted by Gasteiger charge is 2.22. The van der Waals surface area contributed by atoms with Crippen molar-refractivity contribution in [3.63, 3.8) is 0 Å². The topological polar surface area (TPSA) is 123 Å². The van der Waals surface area contributed by atoms with E-state index in [1.54, 1.807) is 4.52 Å². The number of aryl methyl sites for hydroxylation is 1. The summed E-state index contributed by atoms with van der Waals surface area (Å²) in [5, 5.41) is 23.3. The van der Waals surface area contributed by atoms with Crippen molar-refractivity contribution >= 4 is 26.4 Å². The van der Waals surface area contributed by atoms with Crippen LogP contribution in [0.2, 0.25) is 0 Å². The molecule has 0 fully saturated rings. The fourth-order valence-corrected chi connectivity index (χ4v) is 3.84. The Labute approximate surface area is 154 Å². The molecule has 0 radical (unpaired) electrons. The van der Waals surface area contributed by atoms with Gasteiger partial charge in [-0.15, -0.1) is 10.2 Å². The van der Waals surface area contributed by atoms with Crippen molar-refractivity contribution < 1.29 is 17.9 Å². The van der Waals surface area contributed by atoms with Gasteiger partial charge in [-0.3, -0.25) is 0 Å². The fraction of sp³-hybridized carbons (Fsp3) is 0.235. The summed E-state index contributed by atoms with van der Waals surface area (Å²) < 4.78 is 33.9. The summed E-state index contributed by atoms with van der Waals surface area (Å²) in [6.45, 7) is 1.90. The van der Waals surface area contributed by atoms with Crippen molar-refractivity contribution in [2.75, 3.05) is 13.2 Å². The number of aliphatic hydroxyl groups excluding tert-OH is 1. The molecule has 0 saturated carbocycles. The first-order valence-corrected chi connectivity index (χ1v) is 9.81. The summed E-state index contributed by atoms with van der Waals surface area (Å²) in [5.74, 6) is 0.558. The predicted molar refractivity (Wildman–Crippen MR) is 97.6 cm³/mol. The van der Waals surface area contributed by atoms with Gasteiger partial charge < -0.3 is 9.52 Å². The number of nitrogens with one attached hydrogen (secondary N) is 1. The quantitative estimate of drug-likeness (QED) is 0.481. The van der Waals surface area contributed by atoms with E-state index in [4.69, 9.17) is 9.52 Å². The molecule has 0 aliphatic rings. The van der Waals surface area contributed by atoms with E-state index < -0.39 is 10.0 Å². The van der Waals surface area contributed by atoms with Crippen LogP contribution < -0.4 is 4.72 Å².